The standard InChI is InChI=1S/C57H49NO9/c1-3-4-5-10-15-34(2)45-33-41(26-31-44(45)38-17-11-7-6-8-12-18-38)37-24-29-43(30-25-37)58(42-27-22-36(23-28-42)40-21-20-35-16-13-9-14-19-39(35)32-40)48-53(63)49(59)46(50(60)54(48)64)47-51(61)55(65)57(67)56(66)52(47)62/h3-7,10-11,13-33,59-67H,8-9,12H2,1-2H3/b4-3-,7-6+,10-5-,17-11-,34-15+,38-18+. The lowest BCUT2D eigenvalue weighted by molar-refractivity contribution is 0.329. The molecule has 9 N–H and O–H groups in total. The van der Waals surface area contributed by atoms with Gasteiger partial charge in [-0.1, -0.05) is 134 Å². The monoisotopic (exact) mass is 891 g/mol. The predicted molar refractivity (Wildman–Crippen MR) is 268 cm³/mol. The smallest absolute Gasteiger partial charge is 0.208 e. The van der Waals surface area contributed by atoms with E-state index in [-0.39, 0.29) is 0 Å². The van der Waals surface area contributed by atoms with E-state index in [1.165, 1.54) is 4.90 Å². The summed E-state index contributed by atoms with van der Waals surface area (Å²) in [6.07, 6.45) is 31.7. The van der Waals surface area contributed by atoms with Crippen LogP contribution in [0.15, 0.2) is 158 Å². The lowest BCUT2D eigenvalue weighted by atomic mass is 9.90. The molecule has 8 rings (SSSR count). The number of benzene rings is 6. The number of allylic oxidation sites excluding steroid dienone is 14. The molecular weight excluding hydrogens is 843 g/mol. The van der Waals surface area contributed by atoms with E-state index in [1.54, 1.807) is 24.3 Å². The number of phenolic OH excluding ortho intramolecular Hbond substituents is 9. The van der Waals surface area contributed by atoms with Crippen LogP contribution in [0.4, 0.5) is 17.1 Å². The molecule has 10 heteroatoms. The van der Waals surface area contributed by atoms with Gasteiger partial charge in [0.1, 0.15) is 5.69 Å². The Morgan fingerprint density at radius 1 is 0.493 bits per heavy atom. The fourth-order valence-electron chi connectivity index (χ4n) is 8.29. The molecule has 0 heterocycles. The van der Waals surface area contributed by atoms with Crippen LogP contribution in [-0.2, 0) is 0 Å². The van der Waals surface area contributed by atoms with Crippen molar-refractivity contribution in [2.75, 3.05) is 4.90 Å². The Kier molecular flexibility index (Phi) is 12.8. The second kappa shape index (κ2) is 19.1. The first kappa shape index (κ1) is 44.8. The highest BCUT2D eigenvalue weighted by atomic mass is 16.4. The lowest BCUT2D eigenvalue weighted by Gasteiger charge is -2.28. The Hall–Kier alpha value is -8.76. The average molecular weight is 892 g/mol. The van der Waals surface area contributed by atoms with Crippen molar-refractivity contribution in [2.45, 2.75) is 33.1 Å². The SMILES string of the molecule is C\C=C/C=C\C=C(/C)c1cc(-c2ccc(N(c3ccc(-c4ccc5c(c4)C=CCC=C5)cc3)c3c(O)c(O)c(-c4c(O)c(O)c(O)c(O)c4O)c(O)c3O)cc2)ccc1C1=C/CC/C=C/C=C\1. The minimum Gasteiger partial charge on any atom is -0.504 e. The van der Waals surface area contributed by atoms with Crippen LogP contribution >= 0.6 is 0 Å². The molecule has 336 valence electrons. The zero-order valence-corrected chi connectivity index (χ0v) is 36.8. The summed E-state index contributed by atoms with van der Waals surface area (Å²) in [5.74, 6) is -10.7. The molecule has 0 fully saturated rings. The third kappa shape index (κ3) is 8.76. The summed E-state index contributed by atoms with van der Waals surface area (Å²) in [6, 6.07) is 26.9. The number of anilines is 3. The molecule has 10 nitrogen and oxygen atoms in total. The van der Waals surface area contributed by atoms with Gasteiger partial charge in [0.25, 0.3) is 0 Å². The quantitative estimate of drug-likeness (QED) is 0.0364. The maximum Gasteiger partial charge on any atom is 0.208 e. The Labute approximate surface area is 388 Å². The first-order valence-electron chi connectivity index (χ1n) is 21.7. The zero-order valence-electron chi connectivity index (χ0n) is 36.8. The first-order chi connectivity index (χ1) is 32.4. The Morgan fingerprint density at radius 2 is 1.03 bits per heavy atom. The third-order valence-electron chi connectivity index (χ3n) is 11.8. The molecule has 2 aliphatic carbocycles. The van der Waals surface area contributed by atoms with Gasteiger partial charge in [-0.25, -0.2) is 0 Å². The van der Waals surface area contributed by atoms with Crippen LogP contribution in [0.5, 0.6) is 51.7 Å². The second-order valence-corrected chi connectivity index (χ2v) is 16.1. The van der Waals surface area contributed by atoms with Gasteiger partial charge in [-0.3, -0.25) is 0 Å². The molecule has 6 aromatic rings. The van der Waals surface area contributed by atoms with Crippen LogP contribution in [0.2, 0.25) is 0 Å². The summed E-state index contributed by atoms with van der Waals surface area (Å²) in [4.78, 5) is 1.41. The third-order valence-corrected chi connectivity index (χ3v) is 11.8. The second-order valence-electron chi connectivity index (χ2n) is 16.1. The van der Waals surface area contributed by atoms with Crippen molar-refractivity contribution in [1.29, 1.82) is 0 Å². The van der Waals surface area contributed by atoms with Crippen LogP contribution in [0.25, 0.3) is 56.7 Å². The summed E-state index contributed by atoms with van der Waals surface area (Å²) < 4.78 is 0. The highest BCUT2D eigenvalue weighted by Crippen LogP contribution is 2.63. The van der Waals surface area contributed by atoms with E-state index in [2.05, 4.69) is 91.9 Å². The van der Waals surface area contributed by atoms with Crippen LogP contribution in [0.1, 0.15) is 55.4 Å². The van der Waals surface area contributed by atoms with Crippen LogP contribution < -0.4 is 4.90 Å². The Bertz CT molecular complexity index is 3090. The van der Waals surface area contributed by atoms with Gasteiger partial charge in [-0.15, -0.1) is 0 Å². The molecule has 0 aromatic heterocycles. The van der Waals surface area contributed by atoms with E-state index >= 15 is 0 Å². The number of nitrogens with zero attached hydrogens (tertiary/aromatic N) is 1. The zero-order chi connectivity index (χ0) is 47.4. The van der Waals surface area contributed by atoms with E-state index in [1.807, 2.05) is 67.6 Å². The van der Waals surface area contributed by atoms with Gasteiger partial charge in [-0.05, 0) is 125 Å². The number of phenols is 9. The highest BCUT2D eigenvalue weighted by molar-refractivity contribution is 5.99. The van der Waals surface area contributed by atoms with Crippen molar-refractivity contribution in [1.82, 2.24) is 0 Å². The molecule has 0 radical (unpaired) electrons. The van der Waals surface area contributed by atoms with Crippen molar-refractivity contribution in [3.8, 4) is 85.1 Å². The van der Waals surface area contributed by atoms with Gasteiger partial charge in [0.15, 0.2) is 34.5 Å². The summed E-state index contributed by atoms with van der Waals surface area (Å²) in [6.45, 7) is 4.04. The highest BCUT2D eigenvalue weighted by Gasteiger charge is 2.35. The van der Waals surface area contributed by atoms with E-state index in [4.69, 9.17) is 0 Å². The number of fused-ring (bicyclic) bond motifs is 1. The van der Waals surface area contributed by atoms with Gasteiger partial charge < -0.3 is 50.9 Å². The van der Waals surface area contributed by atoms with Gasteiger partial charge in [0.05, 0.1) is 11.1 Å². The maximum absolute atomic E-state index is 11.8. The summed E-state index contributed by atoms with van der Waals surface area (Å²) in [5.41, 5.74) is 8.36. The Morgan fingerprint density at radius 3 is 1.64 bits per heavy atom. The predicted octanol–water partition coefficient (Wildman–Crippen LogP) is 13.8. The molecule has 6 aromatic carbocycles. The minimum absolute atomic E-state index is 0.376. The van der Waals surface area contributed by atoms with Gasteiger partial charge >= 0.3 is 0 Å². The van der Waals surface area contributed by atoms with Crippen LogP contribution in [-0.4, -0.2) is 46.0 Å². The molecular formula is C57H49NO9. The van der Waals surface area contributed by atoms with Crippen molar-refractivity contribution in [2.24, 2.45) is 0 Å². The van der Waals surface area contributed by atoms with E-state index in [0.717, 1.165) is 74.9 Å². The average Bonchev–Trinajstić information content (AvgIpc) is 3.59. The maximum atomic E-state index is 11.8. The largest absolute Gasteiger partial charge is 0.504 e. The van der Waals surface area contributed by atoms with Crippen molar-refractivity contribution in [3.05, 3.63) is 180 Å². The normalized spacial score (nSPS) is 15.4. The van der Waals surface area contributed by atoms with Crippen molar-refractivity contribution >= 4 is 40.4 Å². The van der Waals surface area contributed by atoms with E-state index in [0.29, 0.717) is 11.4 Å². The minimum atomic E-state index is -1.30. The molecule has 2 aliphatic rings. The number of hydrogen-bond acceptors (Lipinski definition) is 10. The van der Waals surface area contributed by atoms with Gasteiger partial charge in [0.2, 0.25) is 17.2 Å². The molecule has 67 heavy (non-hydrogen) atoms. The molecule has 0 saturated carbocycles. The van der Waals surface area contributed by atoms with Crippen molar-refractivity contribution in [3.63, 3.8) is 0 Å². The van der Waals surface area contributed by atoms with E-state index in [9.17, 15) is 46.0 Å². The van der Waals surface area contributed by atoms with Gasteiger partial charge in [0, 0.05) is 11.4 Å². The topological polar surface area (TPSA) is 185 Å². The first-order valence-corrected chi connectivity index (χ1v) is 21.7. The van der Waals surface area contributed by atoms with Crippen LogP contribution in [0.3, 0.4) is 0 Å². The number of hydrogen-bond donors (Lipinski definition) is 9. The summed E-state index contributed by atoms with van der Waals surface area (Å²) in [7, 11) is 0. The fraction of sp³-hybridized carbons (Fsp3) is 0.0877. The fourth-order valence-corrected chi connectivity index (χ4v) is 8.29. The number of aromatic hydroxyl groups is 9. The van der Waals surface area contributed by atoms with Gasteiger partial charge in [-0.2, -0.15) is 0 Å². The molecule has 0 atom stereocenters. The molecule has 0 spiro atoms. The molecule has 0 unspecified atom stereocenters. The Balaban J connectivity index is 1.26. The van der Waals surface area contributed by atoms with Crippen LogP contribution in [0, 0.1) is 0 Å². The molecule has 0 saturated heterocycles. The molecule has 0 aliphatic heterocycles. The molecule has 0 amide bonds. The molecule has 0 bridgehead atoms. The number of rotatable bonds is 10. The van der Waals surface area contributed by atoms with E-state index < -0.39 is 68.6 Å². The lowest BCUT2D eigenvalue weighted by Crippen LogP contribution is -2.11. The van der Waals surface area contributed by atoms with Crippen molar-refractivity contribution < 1.29 is 46.0 Å². The summed E-state index contributed by atoms with van der Waals surface area (Å²) in [5, 5.41) is 98.8. The summed E-state index contributed by atoms with van der Waals surface area (Å²) >= 11 is 0.